The third-order valence-corrected chi connectivity index (χ3v) is 1.71. The Balaban J connectivity index is 3.19. The molecule has 4 heteroatoms. The van der Waals surface area contributed by atoms with Crippen LogP contribution in [0.4, 0.5) is 0 Å². The van der Waals surface area contributed by atoms with Gasteiger partial charge in [0.15, 0.2) is 5.76 Å². The lowest BCUT2D eigenvalue weighted by Gasteiger charge is -2.06. The molecule has 0 bridgehead atoms. The zero-order valence-electron chi connectivity index (χ0n) is 5.72. The summed E-state index contributed by atoms with van der Waals surface area (Å²) in [5.74, 6) is -1.77. The van der Waals surface area contributed by atoms with Gasteiger partial charge in [0.2, 0.25) is 11.6 Å². The summed E-state index contributed by atoms with van der Waals surface area (Å²) >= 11 is 5.29. The van der Waals surface area contributed by atoms with Crippen molar-refractivity contribution in [2.45, 2.75) is 6.92 Å². The van der Waals surface area contributed by atoms with E-state index < -0.39 is 22.4 Å². The zero-order valence-corrected chi connectivity index (χ0v) is 6.47. The number of carbonyl (C=O) groups excluding carboxylic acids is 2. The molecule has 0 fully saturated rings. The van der Waals surface area contributed by atoms with Gasteiger partial charge < -0.3 is 5.11 Å². The number of aliphatic hydroxyl groups excluding tert-OH is 1. The van der Waals surface area contributed by atoms with E-state index in [-0.39, 0.29) is 5.57 Å². The lowest BCUT2D eigenvalue weighted by molar-refractivity contribution is -0.117. The predicted octanol–water partition coefficient (Wildman–Crippen LogP) is 1.09. The van der Waals surface area contributed by atoms with E-state index in [1.54, 1.807) is 0 Å². The first-order valence-corrected chi connectivity index (χ1v) is 3.28. The van der Waals surface area contributed by atoms with Gasteiger partial charge in [-0.05, 0) is 13.0 Å². The van der Waals surface area contributed by atoms with Crippen LogP contribution in [-0.4, -0.2) is 16.7 Å². The molecule has 11 heavy (non-hydrogen) atoms. The molecule has 0 unspecified atom stereocenters. The minimum absolute atomic E-state index is 0.205. The monoisotopic (exact) mass is 172 g/mol. The van der Waals surface area contributed by atoms with E-state index in [4.69, 9.17) is 16.7 Å². The van der Waals surface area contributed by atoms with Crippen molar-refractivity contribution in [1.29, 1.82) is 0 Å². The van der Waals surface area contributed by atoms with Crippen LogP contribution in [0.15, 0.2) is 22.4 Å². The van der Waals surface area contributed by atoms with Crippen molar-refractivity contribution in [2.24, 2.45) is 0 Å². The number of hydrogen-bond donors (Lipinski definition) is 1. The fourth-order valence-corrected chi connectivity index (χ4v) is 0.869. The van der Waals surface area contributed by atoms with Crippen LogP contribution in [0.5, 0.6) is 0 Å². The van der Waals surface area contributed by atoms with Gasteiger partial charge in [-0.2, -0.15) is 0 Å². The highest BCUT2D eigenvalue weighted by atomic mass is 35.5. The predicted molar refractivity (Wildman–Crippen MR) is 39.3 cm³/mol. The first kappa shape index (κ1) is 8.01. The van der Waals surface area contributed by atoms with Gasteiger partial charge in [0.25, 0.3) is 0 Å². The largest absolute Gasteiger partial charge is 0.503 e. The third kappa shape index (κ3) is 1.19. The molecule has 3 nitrogen and oxygen atoms in total. The molecule has 0 aliphatic heterocycles. The van der Waals surface area contributed by atoms with E-state index in [9.17, 15) is 9.59 Å². The Labute approximate surface area is 68.0 Å². The van der Waals surface area contributed by atoms with Gasteiger partial charge in [-0.3, -0.25) is 9.59 Å². The molecule has 1 rings (SSSR count). The number of allylic oxidation sites excluding steroid dienone is 3. The standard InChI is InChI=1S/C7H5ClO3/c1-3-2-4(9)5(8)7(11)6(3)10/h2,11H,1H3. The fourth-order valence-electron chi connectivity index (χ4n) is 0.729. The van der Waals surface area contributed by atoms with Gasteiger partial charge in [-0.1, -0.05) is 11.6 Å². The number of carbonyl (C=O) groups is 2. The van der Waals surface area contributed by atoms with Crippen molar-refractivity contribution < 1.29 is 14.7 Å². The van der Waals surface area contributed by atoms with Gasteiger partial charge in [-0.25, -0.2) is 0 Å². The summed E-state index contributed by atoms with van der Waals surface area (Å²) in [6.45, 7) is 1.44. The maximum atomic E-state index is 10.9. The van der Waals surface area contributed by atoms with Gasteiger partial charge in [0, 0.05) is 5.57 Å². The van der Waals surface area contributed by atoms with Gasteiger partial charge in [0.1, 0.15) is 5.03 Å². The smallest absolute Gasteiger partial charge is 0.224 e. The lowest BCUT2D eigenvalue weighted by atomic mass is 10.0. The van der Waals surface area contributed by atoms with Crippen LogP contribution in [0.3, 0.4) is 0 Å². The van der Waals surface area contributed by atoms with Crippen LogP contribution >= 0.6 is 11.6 Å². The first-order valence-electron chi connectivity index (χ1n) is 2.90. The molecule has 1 aliphatic rings. The Morgan fingerprint density at radius 3 is 2.55 bits per heavy atom. The van der Waals surface area contributed by atoms with Crippen molar-refractivity contribution in [3.63, 3.8) is 0 Å². The number of Topliss-reactive ketones (excluding diaryl/α,β-unsaturated/α-hetero) is 1. The third-order valence-electron chi connectivity index (χ3n) is 1.35. The molecular weight excluding hydrogens is 168 g/mol. The van der Waals surface area contributed by atoms with Crippen LogP contribution in [0.2, 0.25) is 0 Å². The van der Waals surface area contributed by atoms with E-state index in [2.05, 4.69) is 0 Å². The van der Waals surface area contributed by atoms with E-state index >= 15 is 0 Å². The lowest BCUT2D eigenvalue weighted by Crippen LogP contribution is -2.15. The topological polar surface area (TPSA) is 54.4 Å². The minimum atomic E-state index is -0.656. The fraction of sp³-hybridized carbons (Fsp3) is 0.143. The highest BCUT2D eigenvalue weighted by molar-refractivity contribution is 6.48. The van der Waals surface area contributed by atoms with Gasteiger partial charge >= 0.3 is 0 Å². The Morgan fingerprint density at radius 1 is 1.45 bits per heavy atom. The molecular formula is C7H5ClO3. The van der Waals surface area contributed by atoms with Crippen LogP contribution in [0, 0.1) is 0 Å². The summed E-state index contributed by atoms with van der Waals surface area (Å²) in [6, 6.07) is 0. The van der Waals surface area contributed by atoms with Crippen molar-refractivity contribution in [3.05, 3.63) is 22.4 Å². The van der Waals surface area contributed by atoms with Crippen LogP contribution in [-0.2, 0) is 9.59 Å². The highest BCUT2D eigenvalue weighted by Gasteiger charge is 2.24. The van der Waals surface area contributed by atoms with Gasteiger partial charge in [-0.15, -0.1) is 0 Å². The number of rotatable bonds is 0. The van der Waals surface area contributed by atoms with E-state index in [0.29, 0.717) is 0 Å². The Morgan fingerprint density at radius 2 is 2.00 bits per heavy atom. The van der Waals surface area contributed by atoms with E-state index in [1.165, 1.54) is 6.92 Å². The van der Waals surface area contributed by atoms with Crippen molar-refractivity contribution in [2.75, 3.05) is 0 Å². The highest BCUT2D eigenvalue weighted by Crippen LogP contribution is 2.19. The second-order valence-corrected chi connectivity index (χ2v) is 2.56. The SMILES string of the molecule is CC1=CC(=O)C(Cl)=C(O)C1=O. The molecule has 0 spiro atoms. The van der Waals surface area contributed by atoms with Crippen LogP contribution in [0.25, 0.3) is 0 Å². The number of ketones is 2. The summed E-state index contributed by atoms with van der Waals surface area (Å²) in [6.07, 6.45) is 1.10. The summed E-state index contributed by atoms with van der Waals surface area (Å²) in [4.78, 5) is 21.7. The molecule has 0 amide bonds. The molecule has 1 N–H and O–H groups in total. The molecule has 0 aromatic rings. The van der Waals surface area contributed by atoms with E-state index in [0.717, 1.165) is 6.08 Å². The molecule has 58 valence electrons. The summed E-state index contributed by atoms with van der Waals surface area (Å²) < 4.78 is 0. The maximum absolute atomic E-state index is 10.9. The second-order valence-electron chi connectivity index (χ2n) is 2.18. The molecule has 1 aliphatic carbocycles. The zero-order chi connectivity index (χ0) is 8.59. The molecule has 0 heterocycles. The Kier molecular flexibility index (Phi) is 1.83. The normalized spacial score (nSPS) is 18.9. The minimum Gasteiger partial charge on any atom is -0.503 e. The quantitative estimate of drug-likeness (QED) is 0.557. The Bertz CT molecular complexity index is 299. The number of hydrogen-bond acceptors (Lipinski definition) is 3. The second kappa shape index (κ2) is 2.51. The van der Waals surface area contributed by atoms with Crippen LogP contribution < -0.4 is 0 Å². The molecule has 0 saturated carbocycles. The van der Waals surface area contributed by atoms with Crippen molar-refractivity contribution in [3.8, 4) is 0 Å². The average Bonchev–Trinajstić information content (AvgIpc) is 1.97. The van der Waals surface area contributed by atoms with E-state index in [1.807, 2.05) is 0 Å². The van der Waals surface area contributed by atoms with Crippen molar-refractivity contribution >= 4 is 23.2 Å². The molecule has 0 atom stereocenters. The molecule has 0 saturated heterocycles. The number of aliphatic hydroxyl groups is 1. The van der Waals surface area contributed by atoms with Gasteiger partial charge in [0.05, 0.1) is 0 Å². The average molecular weight is 173 g/mol. The summed E-state index contributed by atoms with van der Waals surface area (Å²) in [7, 11) is 0. The summed E-state index contributed by atoms with van der Waals surface area (Å²) in [5.41, 5.74) is 0.205. The Hall–Kier alpha value is -1.09. The first-order chi connectivity index (χ1) is 5.04. The molecule has 0 radical (unpaired) electrons. The maximum Gasteiger partial charge on any atom is 0.224 e. The van der Waals surface area contributed by atoms with Crippen molar-refractivity contribution in [1.82, 2.24) is 0 Å². The summed E-state index contributed by atoms with van der Waals surface area (Å²) in [5, 5.41) is 8.52. The molecule has 0 aromatic carbocycles. The molecule has 0 aromatic heterocycles. The number of halogens is 1. The van der Waals surface area contributed by atoms with Crippen LogP contribution in [0.1, 0.15) is 6.92 Å².